The molecule has 0 spiro atoms. The lowest BCUT2D eigenvalue weighted by molar-refractivity contribution is 0.156. The van der Waals surface area contributed by atoms with Crippen LogP contribution < -0.4 is 0 Å². The third-order valence-electron chi connectivity index (χ3n) is 4.86. The van der Waals surface area contributed by atoms with Crippen molar-refractivity contribution in [3.8, 4) is 0 Å². The molecule has 0 heterocycles. The summed E-state index contributed by atoms with van der Waals surface area (Å²) in [7, 11) is 2.07. The fraction of sp³-hybridized carbons (Fsp3) is 1.00. The molecule has 0 aromatic carbocycles. The number of aliphatic hydroxyl groups is 1. The van der Waals surface area contributed by atoms with E-state index in [-0.39, 0.29) is 6.10 Å². The van der Waals surface area contributed by atoms with Crippen molar-refractivity contribution >= 4 is 7.48 Å². The third kappa shape index (κ3) is 16.8. The van der Waals surface area contributed by atoms with Gasteiger partial charge in [-0.05, 0) is 25.7 Å². The van der Waals surface area contributed by atoms with E-state index in [0.29, 0.717) is 6.10 Å². The zero-order chi connectivity index (χ0) is 17.9. The first kappa shape index (κ1) is 24.0. The van der Waals surface area contributed by atoms with E-state index in [1.807, 2.05) is 0 Å². The average molecular weight is 339 g/mol. The van der Waals surface area contributed by atoms with Gasteiger partial charge in [0, 0.05) is 6.10 Å². The van der Waals surface area contributed by atoms with Gasteiger partial charge >= 0.3 is 0 Å². The standard InChI is InChI=1S/C21H44BO2/c1-4-7-8-9-10-14-18-21(16-5-2)24-22-19-15-12-11-13-17-20(23)6-3/h20-21,23H,4-19H2,1-3H3. The Bertz CT molecular complexity index is 236. The van der Waals surface area contributed by atoms with Gasteiger partial charge in [0.1, 0.15) is 0 Å². The van der Waals surface area contributed by atoms with Crippen LogP contribution in [0.4, 0.5) is 0 Å². The third-order valence-corrected chi connectivity index (χ3v) is 4.86. The van der Waals surface area contributed by atoms with Crippen LogP contribution in [0.25, 0.3) is 0 Å². The van der Waals surface area contributed by atoms with Crippen molar-refractivity contribution in [1.29, 1.82) is 0 Å². The first-order valence-electron chi connectivity index (χ1n) is 10.9. The molecule has 0 aliphatic rings. The number of hydrogen-bond acceptors (Lipinski definition) is 2. The largest absolute Gasteiger partial charge is 0.438 e. The first-order chi connectivity index (χ1) is 11.7. The summed E-state index contributed by atoms with van der Waals surface area (Å²) >= 11 is 0. The lowest BCUT2D eigenvalue weighted by atomic mass is 9.89. The molecular weight excluding hydrogens is 295 g/mol. The van der Waals surface area contributed by atoms with Crippen molar-refractivity contribution in [3.05, 3.63) is 0 Å². The van der Waals surface area contributed by atoms with E-state index in [1.165, 1.54) is 77.0 Å². The van der Waals surface area contributed by atoms with Crippen LogP contribution in [0.5, 0.6) is 0 Å². The fourth-order valence-corrected chi connectivity index (χ4v) is 3.12. The quantitative estimate of drug-likeness (QED) is 0.210. The minimum atomic E-state index is -0.0864. The van der Waals surface area contributed by atoms with Crippen LogP contribution in [0.3, 0.4) is 0 Å². The lowest BCUT2D eigenvalue weighted by Gasteiger charge is -2.17. The summed E-state index contributed by atoms with van der Waals surface area (Å²) in [5.41, 5.74) is 0. The molecule has 3 heteroatoms. The molecule has 0 saturated heterocycles. The minimum Gasteiger partial charge on any atom is -0.438 e. The summed E-state index contributed by atoms with van der Waals surface area (Å²) in [6.45, 7) is 6.58. The second-order valence-electron chi connectivity index (χ2n) is 7.32. The summed E-state index contributed by atoms with van der Waals surface area (Å²) in [4.78, 5) is 0. The van der Waals surface area contributed by atoms with Crippen molar-refractivity contribution in [3.63, 3.8) is 0 Å². The summed E-state index contributed by atoms with van der Waals surface area (Å²) < 4.78 is 6.01. The summed E-state index contributed by atoms with van der Waals surface area (Å²) in [5.74, 6) is 0. The van der Waals surface area contributed by atoms with E-state index in [4.69, 9.17) is 4.65 Å². The van der Waals surface area contributed by atoms with Crippen LogP contribution in [-0.4, -0.2) is 24.8 Å². The molecule has 0 bridgehead atoms. The van der Waals surface area contributed by atoms with Gasteiger partial charge in [-0.1, -0.05) is 97.7 Å². The van der Waals surface area contributed by atoms with E-state index in [9.17, 15) is 5.11 Å². The predicted molar refractivity (Wildman–Crippen MR) is 108 cm³/mol. The van der Waals surface area contributed by atoms with Gasteiger partial charge in [0.15, 0.2) is 0 Å². The van der Waals surface area contributed by atoms with Crippen molar-refractivity contribution in [2.75, 3.05) is 0 Å². The zero-order valence-electron chi connectivity index (χ0n) is 16.9. The average Bonchev–Trinajstić information content (AvgIpc) is 2.59. The molecule has 1 radical (unpaired) electrons. The molecule has 24 heavy (non-hydrogen) atoms. The molecule has 1 N–H and O–H groups in total. The van der Waals surface area contributed by atoms with Crippen molar-refractivity contribution in [1.82, 2.24) is 0 Å². The fourth-order valence-electron chi connectivity index (χ4n) is 3.12. The number of aliphatic hydroxyl groups excluding tert-OH is 1. The van der Waals surface area contributed by atoms with Gasteiger partial charge in [0.2, 0.25) is 0 Å². The molecule has 0 rings (SSSR count). The molecule has 0 aromatic rings. The van der Waals surface area contributed by atoms with E-state index in [2.05, 4.69) is 28.3 Å². The van der Waals surface area contributed by atoms with Gasteiger partial charge in [0.05, 0.1) is 6.10 Å². The van der Waals surface area contributed by atoms with Crippen LogP contribution in [0, 0.1) is 0 Å². The van der Waals surface area contributed by atoms with Crippen molar-refractivity contribution in [2.45, 2.75) is 136 Å². The second-order valence-corrected chi connectivity index (χ2v) is 7.32. The predicted octanol–water partition coefficient (Wildman–Crippen LogP) is 6.68. The van der Waals surface area contributed by atoms with Crippen LogP contribution in [0.2, 0.25) is 6.32 Å². The van der Waals surface area contributed by atoms with Gasteiger partial charge in [-0.2, -0.15) is 0 Å². The summed E-state index contributed by atoms with van der Waals surface area (Å²) in [5, 5.41) is 9.52. The number of hydrogen-bond donors (Lipinski definition) is 1. The van der Waals surface area contributed by atoms with Gasteiger partial charge in [-0.3, -0.25) is 0 Å². The zero-order valence-corrected chi connectivity index (χ0v) is 16.9. The van der Waals surface area contributed by atoms with Gasteiger partial charge in [-0.15, -0.1) is 0 Å². The number of unbranched alkanes of at least 4 members (excludes halogenated alkanes) is 8. The van der Waals surface area contributed by atoms with Gasteiger partial charge in [-0.25, -0.2) is 0 Å². The van der Waals surface area contributed by atoms with Crippen LogP contribution in [0.15, 0.2) is 0 Å². The molecule has 0 amide bonds. The first-order valence-corrected chi connectivity index (χ1v) is 10.9. The van der Waals surface area contributed by atoms with Gasteiger partial charge < -0.3 is 9.76 Å². The Morgan fingerprint density at radius 2 is 1.33 bits per heavy atom. The summed E-state index contributed by atoms with van der Waals surface area (Å²) in [6, 6.07) is 0. The molecule has 0 aliphatic carbocycles. The smallest absolute Gasteiger partial charge is 0.292 e. The van der Waals surface area contributed by atoms with E-state index < -0.39 is 0 Å². The Balaban J connectivity index is 3.46. The molecule has 0 aliphatic heterocycles. The Morgan fingerprint density at radius 1 is 0.708 bits per heavy atom. The molecule has 0 fully saturated rings. The molecule has 2 atom stereocenters. The number of rotatable bonds is 19. The molecule has 0 saturated carbocycles. The Morgan fingerprint density at radius 3 is 2.00 bits per heavy atom. The maximum Gasteiger partial charge on any atom is 0.292 e. The highest BCUT2D eigenvalue weighted by molar-refractivity contribution is 6.27. The second kappa shape index (κ2) is 19.3. The molecule has 0 aromatic heterocycles. The molecule has 2 unspecified atom stereocenters. The Labute approximate surface area is 153 Å². The van der Waals surface area contributed by atoms with Crippen LogP contribution in [-0.2, 0) is 4.65 Å². The molecule has 2 nitrogen and oxygen atoms in total. The highest BCUT2D eigenvalue weighted by Gasteiger charge is 2.08. The van der Waals surface area contributed by atoms with Crippen molar-refractivity contribution < 1.29 is 9.76 Å². The van der Waals surface area contributed by atoms with E-state index in [0.717, 1.165) is 25.6 Å². The normalized spacial score (nSPS) is 13.8. The van der Waals surface area contributed by atoms with Crippen molar-refractivity contribution in [2.24, 2.45) is 0 Å². The van der Waals surface area contributed by atoms with Gasteiger partial charge in [0.25, 0.3) is 7.48 Å². The highest BCUT2D eigenvalue weighted by atomic mass is 16.4. The Hall–Kier alpha value is -0.0151. The van der Waals surface area contributed by atoms with Crippen LogP contribution in [0.1, 0.15) is 117 Å². The molecular formula is C21H44BO2. The maximum atomic E-state index is 9.52. The lowest BCUT2D eigenvalue weighted by Crippen LogP contribution is -2.15. The maximum absolute atomic E-state index is 9.52. The van der Waals surface area contributed by atoms with Crippen LogP contribution >= 0.6 is 0 Å². The van der Waals surface area contributed by atoms with E-state index in [1.54, 1.807) is 0 Å². The minimum absolute atomic E-state index is 0.0864. The molecule has 143 valence electrons. The van der Waals surface area contributed by atoms with E-state index >= 15 is 0 Å². The Kier molecular flexibility index (Phi) is 19.3. The highest BCUT2D eigenvalue weighted by Crippen LogP contribution is 2.15. The monoisotopic (exact) mass is 339 g/mol. The topological polar surface area (TPSA) is 29.5 Å². The summed E-state index contributed by atoms with van der Waals surface area (Å²) in [6.07, 6.45) is 20.0. The SMILES string of the molecule is CCCCCCCCC(CCC)O[B]CCCCCCC(O)CC.